The molecule has 0 fully saturated rings. The first kappa shape index (κ1) is 16.4. The predicted molar refractivity (Wildman–Crippen MR) is 85.4 cm³/mol. The van der Waals surface area contributed by atoms with Crippen LogP contribution in [0.25, 0.3) is 0 Å². The fourth-order valence-electron chi connectivity index (χ4n) is 1.66. The van der Waals surface area contributed by atoms with Gasteiger partial charge in [0.2, 0.25) is 0 Å². The third-order valence-electron chi connectivity index (χ3n) is 2.68. The minimum atomic E-state index is -0.480. The molecule has 0 heterocycles. The molecule has 2 aromatic rings. The van der Waals surface area contributed by atoms with Gasteiger partial charge in [0.25, 0.3) is 0 Å². The van der Waals surface area contributed by atoms with Gasteiger partial charge in [-0.1, -0.05) is 41.4 Å². The molecule has 0 radical (unpaired) electrons. The lowest BCUT2D eigenvalue weighted by Crippen LogP contribution is -2.32. The average Bonchev–Trinajstić information content (AvgIpc) is 2.49. The number of ether oxygens (including phenoxy) is 1. The number of hydrogen-bond acceptors (Lipinski definition) is 2. The molecule has 0 aromatic heterocycles. The van der Waals surface area contributed by atoms with Crippen LogP contribution in [0.15, 0.2) is 42.5 Å². The van der Waals surface area contributed by atoms with E-state index in [2.05, 4.69) is 10.6 Å². The van der Waals surface area contributed by atoms with Gasteiger partial charge in [0.05, 0.1) is 22.3 Å². The molecule has 2 N–H and O–H groups in total. The van der Waals surface area contributed by atoms with Gasteiger partial charge in [-0.3, -0.25) is 0 Å². The zero-order valence-corrected chi connectivity index (χ0v) is 12.9. The molecule has 116 valence electrons. The topological polar surface area (TPSA) is 50.4 Å². The highest BCUT2D eigenvalue weighted by molar-refractivity contribution is 6.39. The molecule has 0 unspecified atom stereocenters. The first-order valence-electron chi connectivity index (χ1n) is 6.44. The Morgan fingerprint density at radius 3 is 2.45 bits per heavy atom. The summed E-state index contributed by atoms with van der Waals surface area (Å²) < 4.78 is 18.5. The lowest BCUT2D eigenvalue weighted by Gasteiger charge is -2.11. The van der Waals surface area contributed by atoms with Gasteiger partial charge in [-0.25, -0.2) is 9.18 Å². The van der Waals surface area contributed by atoms with Crippen molar-refractivity contribution in [3.05, 3.63) is 58.3 Å². The second kappa shape index (κ2) is 7.87. The Balaban J connectivity index is 1.78. The lowest BCUT2D eigenvalue weighted by molar-refractivity contribution is 0.246. The Labute approximate surface area is 137 Å². The largest absolute Gasteiger partial charge is 0.489 e. The van der Waals surface area contributed by atoms with Gasteiger partial charge in [-0.15, -0.1) is 0 Å². The highest BCUT2D eigenvalue weighted by Gasteiger charge is 2.09. The summed E-state index contributed by atoms with van der Waals surface area (Å²) in [7, 11) is 0. The quantitative estimate of drug-likeness (QED) is 0.794. The van der Waals surface area contributed by atoms with Crippen molar-refractivity contribution in [1.82, 2.24) is 5.32 Å². The summed E-state index contributed by atoms with van der Waals surface area (Å²) in [4.78, 5) is 11.7. The number of nitrogens with one attached hydrogen (secondary N) is 2. The Bertz CT molecular complexity index is 647. The van der Waals surface area contributed by atoms with Gasteiger partial charge in [-0.2, -0.15) is 0 Å². The monoisotopic (exact) mass is 342 g/mol. The Morgan fingerprint density at radius 1 is 1.09 bits per heavy atom. The van der Waals surface area contributed by atoms with Gasteiger partial charge < -0.3 is 15.4 Å². The molecule has 7 heteroatoms. The van der Waals surface area contributed by atoms with E-state index >= 15 is 0 Å². The molecular weight excluding hydrogens is 330 g/mol. The van der Waals surface area contributed by atoms with Gasteiger partial charge in [0.15, 0.2) is 11.6 Å². The van der Waals surface area contributed by atoms with E-state index in [1.807, 2.05) is 0 Å². The van der Waals surface area contributed by atoms with E-state index in [1.165, 1.54) is 12.1 Å². The molecule has 0 bridgehead atoms. The maximum absolute atomic E-state index is 13.3. The molecule has 2 rings (SSSR count). The van der Waals surface area contributed by atoms with Crippen LogP contribution >= 0.6 is 23.2 Å². The summed E-state index contributed by atoms with van der Waals surface area (Å²) in [6.07, 6.45) is 0. The first-order chi connectivity index (χ1) is 10.6. The molecule has 0 spiro atoms. The second-order valence-electron chi connectivity index (χ2n) is 4.26. The van der Waals surface area contributed by atoms with E-state index in [9.17, 15) is 9.18 Å². The zero-order valence-electron chi connectivity index (χ0n) is 11.4. The molecule has 2 aromatic carbocycles. The van der Waals surface area contributed by atoms with E-state index in [0.717, 1.165) is 0 Å². The fraction of sp³-hybridized carbons (Fsp3) is 0.133. The van der Waals surface area contributed by atoms with Crippen LogP contribution in [0.5, 0.6) is 5.75 Å². The van der Waals surface area contributed by atoms with Crippen molar-refractivity contribution in [3.63, 3.8) is 0 Å². The zero-order chi connectivity index (χ0) is 15.9. The van der Waals surface area contributed by atoms with Gasteiger partial charge in [0.1, 0.15) is 6.61 Å². The maximum Gasteiger partial charge on any atom is 0.319 e. The molecule has 2 amide bonds. The normalized spacial score (nSPS) is 10.1. The van der Waals surface area contributed by atoms with Crippen molar-refractivity contribution < 1.29 is 13.9 Å². The molecule has 0 aliphatic heterocycles. The summed E-state index contributed by atoms with van der Waals surface area (Å²) >= 11 is 11.9. The van der Waals surface area contributed by atoms with E-state index < -0.39 is 11.8 Å². The minimum Gasteiger partial charge on any atom is -0.489 e. The number of carbonyl (C=O) groups is 1. The summed E-state index contributed by atoms with van der Waals surface area (Å²) in [5, 5.41) is 5.78. The number of hydrogen-bond donors (Lipinski definition) is 2. The fourth-order valence-corrected chi connectivity index (χ4v) is 2.15. The smallest absolute Gasteiger partial charge is 0.319 e. The van der Waals surface area contributed by atoms with Crippen LogP contribution in [0, 0.1) is 5.82 Å². The first-order valence-corrected chi connectivity index (χ1v) is 7.19. The van der Waals surface area contributed by atoms with Crippen molar-refractivity contribution in [3.8, 4) is 5.75 Å². The third kappa shape index (κ3) is 4.51. The maximum atomic E-state index is 13.3. The molecule has 4 nitrogen and oxygen atoms in total. The number of rotatable bonds is 5. The van der Waals surface area contributed by atoms with E-state index in [4.69, 9.17) is 27.9 Å². The van der Waals surface area contributed by atoms with Crippen LogP contribution in [0.4, 0.5) is 14.9 Å². The molecule has 0 saturated carbocycles. The predicted octanol–water partition coefficient (Wildman–Crippen LogP) is 4.33. The van der Waals surface area contributed by atoms with Crippen LogP contribution in [-0.2, 0) is 0 Å². The lowest BCUT2D eigenvalue weighted by atomic mass is 10.3. The van der Waals surface area contributed by atoms with Crippen LogP contribution in [0.1, 0.15) is 0 Å². The van der Waals surface area contributed by atoms with Crippen LogP contribution in [0.3, 0.4) is 0 Å². The van der Waals surface area contributed by atoms with Gasteiger partial charge in [-0.05, 0) is 24.3 Å². The minimum absolute atomic E-state index is 0.130. The van der Waals surface area contributed by atoms with Gasteiger partial charge >= 0.3 is 6.03 Å². The van der Waals surface area contributed by atoms with Crippen molar-refractivity contribution in [2.75, 3.05) is 18.5 Å². The number of carbonyl (C=O) groups excluding carboxylic acids is 1. The summed E-state index contributed by atoms with van der Waals surface area (Å²) in [6, 6.07) is 10.5. The van der Waals surface area contributed by atoms with E-state index in [0.29, 0.717) is 15.7 Å². The van der Waals surface area contributed by atoms with E-state index in [1.54, 1.807) is 30.3 Å². The third-order valence-corrected chi connectivity index (χ3v) is 3.31. The highest BCUT2D eigenvalue weighted by atomic mass is 35.5. The van der Waals surface area contributed by atoms with Crippen LogP contribution in [0.2, 0.25) is 10.0 Å². The van der Waals surface area contributed by atoms with Crippen molar-refractivity contribution in [2.45, 2.75) is 0 Å². The molecule has 22 heavy (non-hydrogen) atoms. The highest BCUT2D eigenvalue weighted by Crippen LogP contribution is 2.29. The molecule has 0 atom stereocenters. The van der Waals surface area contributed by atoms with Crippen LogP contribution < -0.4 is 15.4 Å². The standard InChI is InChI=1S/C15H13Cl2FN2O2/c16-10-4-3-5-11(17)14(10)20-15(21)19-8-9-22-13-7-2-1-6-12(13)18/h1-7H,8-9H2,(H2,19,20,21). The number of benzene rings is 2. The molecule has 0 aliphatic carbocycles. The second-order valence-corrected chi connectivity index (χ2v) is 5.07. The number of anilines is 1. The molecule has 0 aliphatic rings. The van der Waals surface area contributed by atoms with E-state index in [-0.39, 0.29) is 18.9 Å². The van der Waals surface area contributed by atoms with Gasteiger partial charge in [0, 0.05) is 0 Å². The summed E-state index contributed by atoms with van der Waals surface area (Å²) in [5.41, 5.74) is 0.332. The molecule has 0 saturated heterocycles. The number of para-hydroxylation sites is 2. The SMILES string of the molecule is O=C(NCCOc1ccccc1F)Nc1c(Cl)cccc1Cl. The van der Waals surface area contributed by atoms with Crippen molar-refractivity contribution >= 4 is 34.9 Å². The molecular formula is C15H13Cl2FN2O2. The Hall–Kier alpha value is -1.98. The van der Waals surface area contributed by atoms with Crippen molar-refractivity contribution in [1.29, 1.82) is 0 Å². The number of amides is 2. The summed E-state index contributed by atoms with van der Waals surface area (Å²) in [5.74, 6) is -0.311. The average molecular weight is 343 g/mol. The van der Waals surface area contributed by atoms with Crippen LogP contribution in [-0.4, -0.2) is 19.2 Å². The van der Waals surface area contributed by atoms with Crippen molar-refractivity contribution in [2.24, 2.45) is 0 Å². The Kier molecular flexibility index (Phi) is 5.86. The number of halogens is 3. The summed E-state index contributed by atoms with van der Waals surface area (Å²) in [6.45, 7) is 0.326. The number of urea groups is 1. The Morgan fingerprint density at radius 2 is 1.77 bits per heavy atom.